The molecule has 5 N–H and O–H groups in total. The number of amides is 2. The van der Waals surface area contributed by atoms with Crippen LogP contribution >= 0.6 is 0 Å². The molecule has 198 valence electrons. The van der Waals surface area contributed by atoms with Crippen LogP contribution in [0.3, 0.4) is 0 Å². The number of anilines is 3. The average Bonchev–Trinajstić information content (AvgIpc) is 2.88. The SMILES string of the molecule is CC(=O)N1CCC[C@@H](Nc2ccnc(N)c2C(=N)c2ccc(C(=O)Nc3cc(C(F)(F)F)ccn3)cc2)C1. The second-order valence-corrected chi connectivity index (χ2v) is 8.90. The summed E-state index contributed by atoms with van der Waals surface area (Å²) < 4.78 is 38.8. The van der Waals surface area contributed by atoms with Crippen LogP contribution in [0.25, 0.3) is 0 Å². The van der Waals surface area contributed by atoms with E-state index in [0.29, 0.717) is 29.9 Å². The van der Waals surface area contributed by atoms with Gasteiger partial charge >= 0.3 is 6.18 Å². The Hall–Kier alpha value is -4.48. The molecule has 2 amide bonds. The molecule has 0 bridgehead atoms. The van der Waals surface area contributed by atoms with E-state index in [9.17, 15) is 22.8 Å². The molecule has 0 saturated carbocycles. The minimum absolute atomic E-state index is 0.00618. The molecular weight excluding hydrogens is 499 g/mol. The summed E-state index contributed by atoms with van der Waals surface area (Å²) in [6.45, 7) is 2.78. The van der Waals surface area contributed by atoms with Crippen LogP contribution in [0.2, 0.25) is 0 Å². The van der Waals surface area contributed by atoms with Crippen molar-refractivity contribution in [1.29, 1.82) is 5.41 Å². The maximum absolute atomic E-state index is 12.9. The van der Waals surface area contributed by atoms with Gasteiger partial charge in [-0.3, -0.25) is 15.0 Å². The molecule has 1 aromatic carbocycles. The predicted molar refractivity (Wildman–Crippen MR) is 137 cm³/mol. The van der Waals surface area contributed by atoms with Crippen LogP contribution in [0, 0.1) is 5.41 Å². The zero-order valence-corrected chi connectivity index (χ0v) is 20.5. The zero-order chi connectivity index (χ0) is 27.4. The molecule has 9 nitrogen and oxygen atoms in total. The Morgan fingerprint density at radius 3 is 2.45 bits per heavy atom. The summed E-state index contributed by atoms with van der Waals surface area (Å²) >= 11 is 0. The molecule has 2 aromatic heterocycles. The van der Waals surface area contributed by atoms with Crippen molar-refractivity contribution in [1.82, 2.24) is 14.9 Å². The number of nitrogen functional groups attached to an aromatic ring is 1. The first kappa shape index (κ1) is 26.6. The smallest absolute Gasteiger partial charge is 0.383 e. The Morgan fingerprint density at radius 1 is 1.08 bits per heavy atom. The number of alkyl halides is 3. The standard InChI is InChI=1S/C26H26F3N7O2/c1-15(37)36-12-2-3-19(14-36)34-20-9-11-33-24(31)22(20)23(30)16-4-6-17(7-5-16)25(38)35-21-13-18(8-10-32-21)26(27,28)29/h4-11,13,19,30H,2-3,12,14H2,1H3,(H3,31,33,34)(H,32,35,38)/t19-/m1/s1. The molecule has 0 spiro atoms. The molecule has 12 heteroatoms. The van der Waals surface area contributed by atoms with Gasteiger partial charge in [0.1, 0.15) is 11.6 Å². The maximum Gasteiger partial charge on any atom is 0.416 e. The van der Waals surface area contributed by atoms with Crippen molar-refractivity contribution in [2.75, 3.05) is 29.5 Å². The molecule has 1 atom stereocenters. The van der Waals surface area contributed by atoms with Crippen molar-refractivity contribution >= 4 is 34.8 Å². The third-order valence-corrected chi connectivity index (χ3v) is 6.22. The van der Waals surface area contributed by atoms with Gasteiger partial charge < -0.3 is 21.3 Å². The van der Waals surface area contributed by atoms with Gasteiger partial charge in [-0.1, -0.05) is 12.1 Å². The van der Waals surface area contributed by atoms with Gasteiger partial charge in [-0.15, -0.1) is 0 Å². The first-order chi connectivity index (χ1) is 18.0. The first-order valence-electron chi connectivity index (χ1n) is 11.8. The maximum atomic E-state index is 12.9. The van der Waals surface area contributed by atoms with Crippen molar-refractivity contribution in [3.63, 3.8) is 0 Å². The third-order valence-electron chi connectivity index (χ3n) is 6.22. The highest BCUT2D eigenvalue weighted by Gasteiger charge is 2.31. The number of nitrogens with two attached hydrogens (primary N) is 1. The monoisotopic (exact) mass is 525 g/mol. The number of carbonyl (C=O) groups is 2. The Balaban J connectivity index is 1.50. The lowest BCUT2D eigenvalue weighted by Gasteiger charge is -2.33. The van der Waals surface area contributed by atoms with Gasteiger partial charge in [0.2, 0.25) is 5.91 Å². The van der Waals surface area contributed by atoms with Gasteiger partial charge in [0.25, 0.3) is 5.91 Å². The summed E-state index contributed by atoms with van der Waals surface area (Å²) in [7, 11) is 0. The number of pyridine rings is 2. The lowest BCUT2D eigenvalue weighted by Crippen LogP contribution is -2.44. The lowest BCUT2D eigenvalue weighted by atomic mass is 9.98. The summed E-state index contributed by atoms with van der Waals surface area (Å²) in [5.41, 5.74) is 6.91. The molecule has 0 radical (unpaired) electrons. The van der Waals surface area contributed by atoms with Gasteiger partial charge in [0.05, 0.1) is 16.8 Å². The summed E-state index contributed by atoms with van der Waals surface area (Å²) in [6.07, 6.45) is -0.351. The van der Waals surface area contributed by atoms with E-state index in [2.05, 4.69) is 20.6 Å². The first-order valence-corrected chi connectivity index (χ1v) is 11.8. The Bertz CT molecular complexity index is 1360. The topological polar surface area (TPSA) is 137 Å². The number of nitrogens with zero attached hydrogens (tertiary/aromatic N) is 3. The van der Waals surface area contributed by atoms with E-state index in [1.54, 1.807) is 23.1 Å². The predicted octanol–water partition coefficient (Wildman–Crippen LogP) is 4.17. The van der Waals surface area contributed by atoms with E-state index < -0.39 is 17.6 Å². The molecule has 3 aromatic rings. The van der Waals surface area contributed by atoms with Crippen molar-refractivity contribution < 1.29 is 22.8 Å². The van der Waals surface area contributed by atoms with Crippen LogP contribution in [0.1, 0.15) is 46.8 Å². The van der Waals surface area contributed by atoms with Crippen LogP contribution in [0.4, 0.5) is 30.5 Å². The highest BCUT2D eigenvalue weighted by atomic mass is 19.4. The number of nitrogens with one attached hydrogen (secondary N) is 3. The van der Waals surface area contributed by atoms with Crippen molar-refractivity contribution in [2.45, 2.75) is 32.0 Å². The highest BCUT2D eigenvalue weighted by molar-refractivity contribution is 6.17. The normalized spacial score (nSPS) is 15.6. The summed E-state index contributed by atoms with van der Waals surface area (Å²) in [5.74, 6) is -0.722. The van der Waals surface area contributed by atoms with E-state index in [4.69, 9.17) is 11.1 Å². The number of likely N-dealkylation sites (tertiary alicyclic amines) is 1. The van der Waals surface area contributed by atoms with Gasteiger partial charge in [0, 0.05) is 55.3 Å². The van der Waals surface area contributed by atoms with E-state index in [1.807, 2.05) is 0 Å². The van der Waals surface area contributed by atoms with Crippen molar-refractivity contribution in [3.05, 3.63) is 77.1 Å². The minimum Gasteiger partial charge on any atom is -0.383 e. The number of hydrogen-bond acceptors (Lipinski definition) is 7. The zero-order valence-electron chi connectivity index (χ0n) is 20.5. The average molecular weight is 526 g/mol. The fourth-order valence-electron chi connectivity index (χ4n) is 4.26. The van der Waals surface area contributed by atoms with E-state index in [1.165, 1.54) is 25.3 Å². The molecule has 0 unspecified atom stereocenters. The van der Waals surface area contributed by atoms with Gasteiger partial charge in [-0.25, -0.2) is 9.97 Å². The number of aromatic nitrogens is 2. The van der Waals surface area contributed by atoms with E-state index in [-0.39, 0.29) is 34.9 Å². The molecular formula is C26H26F3N7O2. The summed E-state index contributed by atoms with van der Waals surface area (Å²) in [4.78, 5) is 34.0. The van der Waals surface area contributed by atoms with Crippen LogP contribution in [-0.4, -0.2) is 51.5 Å². The number of carbonyl (C=O) groups excluding carboxylic acids is 2. The highest BCUT2D eigenvalue weighted by Crippen LogP contribution is 2.30. The Kier molecular flexibility index (Phi) is 7.60. The van der Waals surface area contributed by atoms with Crippen molar-refractivity contribution in [2.24, 2.45) is 0 Å². The third kappa shape index (κ3) is 6.07. The molecule has 1 saturated heterocycles. The van der Waals surface area contributed by atoms with Crippen LogP contribution in [-0.2, 0) is 11.0 Å². The van der Waals surface area contributed by atoms with E-state index in [0.717, 1.165) is 31.2 Å². The number of halogens is 3. The second kappa shape index (κ2) is 10.9. The van der Waals surface area contributed by atoms with Crippen LogP contribution < -0.4 is 16.4 Å². The summed E-state index contributed by atoms with van der Waals surface area (Å²) in [6, 6.07) is 9.28. The van der Waals surface area contributed by atoms with E-state index >= 15 is 0 Å². The Morgan fingerprint density at radius 2 is 1.76 bits per heavy atom. The fraction of sp³-hybridized carbons (Fsp3) is 0.269. The molecule has 4 rings (SSSR count). The number of benzene rings is 1. The van der Waals surface area contributed by atoms with Gasteiger partial charge in [-0.2, -0.15) is 13.2 Å². The lowest BCUT2D eigenvalue weighted by molar-refractivity contribution is -0.137. The quantitative estimate of drug-likeness (QED) is 0.357. The van der Waals surface area contributed by atoms with Gasteiger partial charge in [0.15, 0.2) is 0 Å². The van der Waals surface area contributed by atoms with Gasteiger partial charge in [-0.05, 0) is 43.2 Å². The molecule has 38 heavy (non-hydrogen) atoms. The molecule has 1 fully saturated rings. The molecule has 0 aliphatic carbocycles. The number of rotatable bonds is 6. The minimum atomic E-state index is -4.56. The fourth-order valence-corrected chi connectivity index (χ4v) is 4.26. The van der Waals surface area contributed by atoms with Crippen molar-refractivity contribution in [3.8, 4) is 0 Å². The molecule has 1 aliphatic heterocycles. The largest absolute Gasteiger partial charge is 0.416 e. The van der Waals surface area contributed by atoms with Crippen LogP contribution in [0.5, 0.6) is 0 Å². The van der Waals surface area contributed by atoms with Crippen LogP contribution in [0.15, 0.2) is 54.9 Å². The summed E-state index contributed by atoms with van der Waals surface area (Å²) in [5, 5.41) is 14.5. The number of piperidine rings is 1. The second-order valence-electron chi connectivity index (χ2n) is 8.90. The molecule has 3 heterocycles. The number of hydrogen-bond donors (Lipinski definition) is 4. The Labute approximate surface area is 216 Å². The molecule has 1 aliphatic rings.